The maximum Gasteiger partial charge on any atom is 0.326 e. The number of carbonyl (C=O) groups is 1. The van der Waals surface area contributed by atoms with E-state index in [1.807, 2.05) is 6.92 Å². The summed E-state index contributed by atoms with van der Waals surface area (Å²) < 4.78 is 5.23. The lowest BCUT2D eigenvalue weighted by molar-refractivity contribution is -0.147. The van der Waals surface area contributed by atoms with Crippen molar-refractivity contribution in [2.45, 2.75) is 51.1 Å². The van der Waals surface area contributed by atoms with E-state index in [-0.39, 0.29) is 6.61 Å². The van der Waals surface area contributed by atoms with E-state index in [4.69, 9.17) is 4.74 Å². The van der Waals surface area contributed by atoms with Gasteiger partial charge in [0.1, 0.15) is 5.54 Å². The Balaban J connectivity index is 2.51. The minimum atomic E-state index is -0.939. The summed E-state index contributed by atoms with van der Waals surface area (Å²) in [5.74, 6) is -0.831. The van der Waals surface area contributed by atoms with Crippen LogP contribution in [0.1, 0.15) is 39.5 Å². The van der Waals surface area contributed by atoms with Crippen LogP contribution in [0.3, 0.4) is 0 Å². The van der Waals surface area contributed by atoms with Crippen molar-refractivity contribution in [1.82, 2.24) is 5.32 Å². The Morgan fingerprint density at radius 2 is 2.13 bits per heavy atom. The van der Waals surface area contributed by atoms with Crippen molar-refractivity contribution < 1.29 is 14.6 Å². The highest BCUT2D eigenvalue weighted by Crippen LogP contribution is 2.20. The number of aliphatic carboxylic acids is 1. The molecule has 1 fully saturated rings. The molecule has 1 atom stereocenters. The summed E-state index contributed by atoms with van der Waals surface area (Å²) in [6.07, 6.45) is 4.55. The number of hydrogen-bond acceptors (Lipinski definition) is 3. The number of rotatable bonds is 6. The first-order chi connectivity index (χ1) is 7.08. The number of carboxylic acid groups (broad SMARTS) is 1. The van der Waals surface area contributed by atoms with Gasteiger partial charge in [-0.15, -0.1) is 0 Å². The molecule has 4 nitrogen and oxygen atoms in total. The molecule has 15 heavy (non-hydrogen) atoms. The molecule has 0 spiro atoms. The van der Waals surface area contributed by atoms with Crippen molar-refractivity contribution in [3.05, 3.63) is 0 Å². The topological polar surface area (TPSA) is 58.6 Å². The Morgan fingerprint density at radius 3 is 2.60 bits per heavy atom. The van der Waals surface area contributed by atoms with Crippen LogP contribution in [0.4, 0.5) is 0 Å². The van der Waals surface area contributed by atoms with E-state index < -0.39 is 11.5 Å². The summed E-state index contributed by atoms with van der Waals surface area (Å²) in [6.45, 7) is 4.35. The molecule has 1 aliphatic rings. The van der Waals surface area contributed by atoms with E-state index in [1.165, 1.54) is 12.8 Å². The van der Waals surface area contributed by atoms with E-state index >= 15 is 0 Å². The van der Waals surface area contributed by atoms with Crippen molar-refractivity contribution in [2.24, 2.45) is 0 Å². The van der Waals surface area contributed by atoms with Crippen LogP contribution >= 0.6 is 0 Å². The van der Waals surface area contributed by atoms with Gasteiger partial charge < -0.3 is 9.84 Å². The van der Waals surface area contributed by atoms with Gasteiger partial charge >= 0.3 is 5.97 Å². The molecule has 1 rings (SSSR count). The van der Waals surface area contributed by atoms with Crippen molar-refractivity contribution in [3.63, 3.8) is 0 Å². The molecule has 0 aromatic carbocycles. The fraction of sp³-hybridized carbons (Fsp3) is 0.909. The van der Waals surface area contributed by atoms with Gasteiger partial charge in [-0.2, -0.15) is 0 Å². The van der Waals surface area contributed by atoms with Gasteiger partial charge in [0, 0.05) is 12.6 Å². The third-order valence-corrected chi connectivity index (χ3v) is 2.94. The predicted molar refractivity (Wildman–Crippen MR) is 57.9 cm³/mol. The molecule has 0 aromatic heterocycles. The Labute approximate surface area is 91.0 Å². The van der Waals surface area contributed by atoms with Crippen LogP contribution < -0.4 is 5.32 Å². The van der Waals surface area contributed by atoms with Gasteiger partial charge in [0.2, 0.25) is 0 Å². The average molecular weight is 215 g/mol. The fourth-order valence-corrected chi connectivity index (χ4v) is 1.99. The largest absolute Gasteiger partial charge is 0.480 e. The molecule has 4 heteroatoms. The first kappa shape index (κ1) is 12.5. The van der Waals surface area contributed by atoms with Gasteiger partial charge in [0.25, 0.3) is 0 Å². The molecule has 0 heterocycles. The average Bonchev–Trinajstić information content (AvgIpc) is 2.67. The van der Waals surface area contributed by atoms with Crippen molar-refractivity contribution in [1.29, 1.82) is 0 Å². The van der Waals surface area contributed by atoms with E-state index in [0.717, 1.165) is 12.8 Å². The normalized spacial score (nSPS) is 21.5. The Kier molecular flexibility index (Phi) is 4.54. The summed E-state index contributed by atoms with van der Waals surface area (Å²) in [5, 5.41) is 12.4. The zero-order valence-corrected chi connectivity index (χ0v) is 9.58. The molecule has 1 aliphatic carbocycles. The lowest BCUT2D eigenvalue weighted by Crippen LogP contribution is -2.56. The summed E-state index contributed by atoms with van der Waals surface area (Å²) in [5.41, 5.74) is -0.939. The molecule has 1 unspecified atom stereocenters. The minimum absolute atomic E-state index is 0.231. The summed E-state index contributed by atoms with van der Waals surface area (Å²) in [4.78, 5) is 11.2. The van der Waals surface area contributed by atoms with E-state index in [2.05, 4.69) is 5.32 Å². The number of ether oxygens (including phenoxy) is 1. The van der Waals surface area contributed by atoms with E-state index in [1.54, 1.807) is 6.92 Å². The highest BCUT2D eigenvalue weighted by Gasteiger charge is 2.36. The number of hydrogen-bond donors (Lipinski definition) is 2. The minimum Gasteiger partial charge on any atom is -0.480 e. The Bertz CT molecular complexity index is 214. The smallest absolute Gasteiger partial charge is 0.326 e. The first-order valence-electron chi connectivity index (χ1n) is 5.67. The van der Waals surface area contributed by atoms with Gasteiger partial charge in [-0.05, 0) is 26.7 Å². The summed E-state index contributed by atoms with van der Waals surface area (Å²) in [6, 6.07) is 0.339. The quantitative estimate of drug-likeness (QED) is 0.703. The monoisotopic (exact) mass is 215 g/mol. The summed E-state index contributed by atoms with van der Waals surface area (Å²) in [7, 11) is 0. The maximum absolute atomic E-state index is 11.2. The Morgan fingerprint density at radius 1 is 1.53 bits per heavy atom. The highest BCUT2D eigenvalue weighted by atomic mass is 16.5. The second-order valence-corrected chi connectivity index (χ2v) is 4.40. The SMILES string of the molecule is CCOCC(C)(NC1CCCC1)C(=O)O. The van der Waals surface area contributed by atoms with Crippen LogP contribution in [0.5, 0.6) is 0 Å². The van der Waals surface area contributed by atoms with Gasteiger partial charge in [-0.3, -0.25) is 10.1 Å². The van der Waals surface area contributed by atoms with Gasteiger partial charge in [0.15, 0.2) is 0 Å². The highest BCUT2D eigenvalue weighted by molar-refractivity contribution is 5.78. The molecular weight excluding hydrogens is 194 g/mol. The molecular formula is C11H21NO3. The number of carboxylic acids is 1. The van der Waals surface area contributed by atoms with Gasteiger partial charge in [0.05, 0.1) is 6.61 Å². The molecule has 0 radical (unpaired) electrons. The number of nitrogens with one attached hydrogen (secondary N) is 1. The van der Waals surface area contributed by atoms with E-state index in [0.29, 0.717) is 12.6 Å². The third kappa shape index (κ3) is 3.47. The maximum atomic E-state index is 11.2. The van der Waals surface area contributed by atoms with Crippen LogP contribution in [-0.4, -0.2) is 35.9 Å². The van der Waals surface area contributed by atoms with Gasteiger partial charge in [-0.1, -0.05) is 12.8 Å². The van der Waals surface area contributed by atoms with Crippen molar-refractivity contribution in [3.8, 4) is 0 Å². The van der Waals surface area contributed by atoms with Gasteiger partial charge in [-0.25, -0.2) is 0 Å². The van der Waals surface area contributed by atoms with Crippen molar-refractivity contribution in [2.75, 3.05) is 13.2 Å². The fourth-order valence-electron chi connectivity index (χ4n) is 1.99. The Hall–Kier alpha value is -0.610. The molecule has 0 saturated heterocycles. The van der Waals surface area contributed by atoms with Crippen LogP contribution in [0.25, 0.3) is 0 Å². The molecule has 88 valence electrons. The molecule has 0 aromatic rings. The molecule has 0 amide bonds. The van der Waals surface area contributed by atoms with Crippen LogP contribution in [0.15, 0.2) is 0 Å². The predicted octanol–water partition coefficient (Wildman–Crippen LogP) is 1.40. The van der Waals surface area contributed by atoms with Crippen LogP contribution in [0.2, 0.25) is 0 Å². The van der Waals surface area contributed by atoms with E-state index in [9.17, 15) is 9.90 Å². The van der Waals surface area contributed by atoms with Crippen molar-refractivity contribution >= 4 is 5.97 Å². The zero-order chi connectivity index (χ0) is 11.3. The zero-order valence-electron chi connectivity index (χ0n) is 9.58. The van der Waals surface area contributed by atoms with Crippen LogP contribution in [-0.2, 0) is 9.53 Å². The third-order valence-electron chi connectivity index (χ3n) is 2.94. The lowest BCUT2D eigenvalue weighted by Gasteiger charge is -2.29. The lowest BCUT2D eigenvalue weighted by atomic mass is 10.0. The second kappa shape index (κ2) is 5.47. The second-order valence-electron chi connectivity index (χ2n) is 4.40. The standard InChI is InChI=1S/C11H21NO3/c1-3-15-8-11(2,10(13)14)12-9-6-4-5-7-9/h9,12H,3-8H2,1-2H3,(H,13,14). The molecule has 2 N–H and O–H groups in total. The van der Waals surface area contributed by atoms with Crippen LogP contribution in [0, 0.1) is 0 Å². The molecule has 0 bridgehead atoms. The molecule has 0 aliphatic heterocycles. The molecule has 1 saturated carbocycles. The first-order valence-corrected chi connectivity index (χ1v) is 5.67. The summed E-state index contributed by atoms with van der Waals surface area (Å²) >= 11 is 0.